The minimum Gasteiger partial charge on any atom is -0.493 e. The molecule has 0 spiro atoms. The maximum Gasteiger partial charge on any atom is 0.321 e. The third-order valence-electron chi connectivity index (χ3n) is 3.26. The zero-order chi connectivity index (χ0) is 19.1. The van der Waals surface area contributed by atoms with E-state index in [0.29, 0.717) is 23.6 Å². The highest BCUT2D eigenvalue weighted by atomic mass is 32.2. The molecule has 0 aliphatic carbocycles. The Morgan fingerprint density at radius 2 is 1.96 bits per heavy atom. The lowest BCUT2D eigenvalue weighted by Gasteiger charge is -2.09. The van der Waals surface area contributed by atoms with Crippen molar-refractivity contribution in [3.8, 4) is 23.0 Å². The molecule has 0 aliphatic rings. The van der Waals surface area contributed by atoms with Crippen LogP contribution in [0.15, 0.2) is 27.8 Å². The Labute approximate surface area is 154 Å². The summed E-state index contributed by atoms with van der Waals surface area (Å²) in [4.78, 5) is 23.3. The number of amides is 3. The van der Waals surface area contributed by atoms with Gasteiger partial charge in [0.15, 0.2) is 11.5 Å². The van der Waals surface area contributed by atoms with Gasteiger partial charge in [-0.05, 0) is 32.0 Å². The predicted octanol–water partition coefficient (Wildman–Crippen LogP) is 2.08. The number of aromatic nitrogens is 2. The van der Waals surface area contributed by atoms with Crippen molar-refractivity contribution in [1.82, 2.24) is 20.8 Å². The summed E-state index contributed by atoms with van der Waals surface area (Å²) in [5.41, 5.74) is 0.654. The molecule has 0 fully saturated rings. The van der Waals surface area contributed by atoms with Crippen LogP contribution >= 0.6 is 11.8 Å². The van der Waals surface area contributed by atoms with Crippen molar-refractivity contribution >= 4 is 23.7 Å². The Bertz CT molecular complexity index is 780. The van der Waals surface area contributed by atoms with Crippen LogP contribution in [0.1, 0.15) is 13.8 Å². The lowest BCUT2D eigenvalue weighted by molar-refractivity contribution is -0.119. The SMILES string of the molecule is CCNC(=O)NC(=O)C(C)Sc1nnc(-c2ccc(OC)c(OC)c2)o1. The number of thioether (sulfide) groups is 1. The van der Waals surface area contributed by atoms with E-state index in [1.165, 1.54) is 7.11 Å². The Balaban J connectivity index is 2.05. The zero-order valence-corrected chi connectivity index (χ0v) is 15.7. The fraction of sp³-hybridized carbons (Fsp3) is 0.375. The molecule has 0 saturated carbocycles. The predicted molar refractivity (Wildman–Crippen MR) is 95.4 cm³/mol. The first-order valence-electron chi connectivity index (χ1n) is 7.79. The monoisotopic (exact) mass is 380 g/mol. The van der Waals surface area contributed by atoms with E-state index >= 15 is 0 Å². The van der Waals surface area contributed by atoms with E-state index in [-0.39, 0.29) is 11.1 Å². The summed E-state index contributed by atoms with van der Waals surface area (Å²) in [6.07, 6.45) is 0. The molecule has 1 aromatic carbocycles. The summed E-state index contributed by atoms with van der Waals surface area (Å²) in [5.74, 6) is 0.949. The molecular weight excluding hydrogens is 360 g/mol. The molecule has 0 aliphatic heterocycles. The van der Waals surface area contributed by atoms with Gasteiger partial charge in [-0.2, -0.15) is 0 Å². The van der Waals surface area contributed by atoms with Crippen LogP contribution in [0.4, 0.5) is 4.79 Å². The first-order valence-corrected chi connectivity index (χ1v) is 8.67. The highest BCUT2D eigenvalue weighted by Crippen LogP contribution is 2.33. The van der Waals surface area contributed by atoms with E-state index < -0.39 is 17.2 Å². The normalized spacial score (nSPS) is 11.5. The number of carbonyl (C=O) groups excluding carboxylic acids is 2. The van der Waals surface area contributed by atoms with Crippen molar-refractivity contribution in [3.63, 3.8) is 0 Å². The first-order chi connectivity index (χ1) is 12.5. The third kappa shape index (κ3) is 4.88. The number of carbonyl (C=O) groups is 2. The van der Waals surface area contributed by atoms with Gasteiger partial charge in [0.2, 0.25) is 11.8 Å². The molecule has 1 heterocycles. The van der Waals surface area contributed by atoms with Gasteiger partial charge < -0.3 is 19.2 Å². The van der Waals surface area contributed by atoms with Gasteiger partial charge in [0.1, 0.15) is 0 Å². The summed E-state index contributed by atoms with van der Waals surface area (Å²) in [6.45, 7) is 3.83. The molecule has 1 aromatic heterocycles. The zero-order valence-electron chi connectivity index (χ0n) is 14.9. The maximum absolute atomic E-state index is 12.0. The van der Waals surface area contributed by atoms with E-state index in [0.717, 1.165) is 11.8 Å². The van der Waals surface area contributed by atoms with Crippen LogP contribution in [-0.4, -0.2) is 48.1 Å². The highest BCUT2D eigenvalue weighted by Gasteiger charge is 2.20. The Morgan fingerprint density at radius 1 is 1.23 bits per heavy atom. The van der Waals surface area contributed by atoms with Gasteiger partial charge in [-0.15, -0.1) is 10.2 Å². The van der Waals surface area contributed by atoms with Gasteiger partial charge in [0.25, 0.3) is 5.22 Å². The van der Waals surface area contributed by atoms with Crippen molar-refractivity contribution in [1.29, 1.82) is 0 Å². The second-order valence-electron chi connectivity index (χ2n) is 5.05. The fourth-order valence-electron chi connectivity index (χ4n) is 1.97. The van der Waals surface area contributed by atoms with E-state index in [1.54, 1.807) is 39.2 Å². The largest absolute Gasteiger partial charge is 0.493 e. The van der Waals surface area contributed by atoms with Crippen molar-refractivity contribution in [2.24, 2.45) is 0 Å². The third-order valence-corrected chi connectivity index (χ3v) is 4.19. The minimum absolute atomic E-state index is 0.216. The molecular formula is C16H20N4O5S. The number of nitrogens with one attached hydrogen (secondary N) is 2. The van der Waals surface area contributed by atoms with Crippen LogP contribution < -0.4 is 20.1 Å². The standard InChI is InChI=1S/C16H20N4O5S/c1-5-17-15(22)18-13(21)9(2)26-16-20-19-14(25-16)10-6-7-11(23-3)12(8-10)24-4/h6-9H,5H2,1-4H3,(H2,17,18,21,22). The van der Waals surface area contributed by atoms with Crippen LogP contribution in [0.25, 0.3) is 11.5 Å². The molecule has 10 heteroatoms. The number of methoxy groups -OCH3 is 2. The molecule has 2 rings (SSSR count). The average molecular weight is 380 g/mol. The topological polar surface area (TPSA) is 116 Å². The smallest absolute Gasteiger partial charge is 0.321 e. The van der Waals surface area contributed by atoms with Crippen LogP contribution in [0.2, 0.25) is 0 Å². The van der Waals surface area contributed by atoms with E-state index in [1.807, 2.05) is 0 Å². The molecule has 2 N–H and O–H groups in total. The van der Waals surface area contributed by atoms with E-state index in [9.17, 15) is 9.59 Å². The van der Waals surface area contributed by atoms with Gasteiger partial charge in [-0.3, -0.25) is 10.1 Å². The number of ether oxygens (including phenoxy) is 2. The molecule has 26 heavy (non-hydrogen) atoms. The molecule has 3 amide bonds. The number of benzene rings is 1. The second kappa shape index (κ2) is 9.09. The minimum atomic E-state index is -0.587. The molecule has 0 saturated heterocycles. The lowest BCUT2D eigenvalue weighted by Crippen LogP contribution is -2.42. The summed E-state index contributed by atoms with van der Waals surface area (Å²) in [7, 11) is 3.08. The fourth-order valence-corrected chi connectivity index (χ4v) is 2.65. The van der Waals surface area contributed by atoms with Crippen LogP contribution in [0.3, 0.4) is 0 Å². The molecule has 9 nitrogen and oxygen atoms in total. The van der Waals surface area contributed by atoms with Gasteiger partial charge in [0.05, 0.1) is 19.5 Å². The number of urea groups is 1. The summed E-state index contributed by atoms with van der Waals surface area (Å²) < 4.78 is 16.0. The number of hydrogen-bond donors (Lipinski definition) is 2. The Kier molecular flexibility index (Phi) is 6.84. The molecule has 1 atom stereocenters. The molecule has 0 radical (unpaired) electrons. The van der Waals surface area contributed by atoms with E-state index in [4.69, 9.17) is 13.9 Å². The Morgan fingerprint density at radius 3 is 2.62 bits per heavy atom. The van der Waals surface area contributed by atoms with Gasteiger partial charge >= 0.3 is 6.03 Å². The first kappa shape index (κ1) is 19.6. The second-order valence-corrected chi connectivity index (χ2v) is 6.34. The molecule has 0 bridgehead atoms. The number of imide groups is 1. The molecule has 1 unspecified atom stereocenters. The van der Waals surface area contributed by atoms with Crippen molar-refractivity contribution in [3.05, 3.63) is 18.2 Å². The van der Waals surface area contributed by atoms with Gasteiger partial charge in [-0.25, -0.2) is 4.79 Å². The molecule has 2 aromatic rings. The van der Waals surface area contributed by atoms with Gasteiger partial charge in [0, 0.05) is 12.1 Å². The van der Waals surface area contributed by atoms with Crippen molar-refractivity contribution in [2.45, 2.75) is 24.3 Å². The van der Waals surface area contributed by atoms with Crippen molar-refractivity contribution < 1.29 is 23.5 Å². The Hall–Kier alpha value is -2.75. The van der Waals surface area contributed by atoms with E-state index in [2.05, 4.69) is 20.8 Å². The summed E-state index contributed by atoms with van der Waals surface area (Å²) in [6, 6.07) is 4.66. The maximum atomic E-state index is 12.0. The highest BCUT2D eigenvalue weighted by molar-refractivity contribution is 8.00. The van der Waals surface area contributed by atoms with Crippen LogP contribution in [-0.2, 0) is 4.79 Å². The van der Waals surface area contributed by atoms with Crippen molar-refractivity contribution in [2.75, 3.05) is 20.8 Å². The lowest BCUT2D eigenvalue weighted by atomic mass is 10.2. The summed E-state index contributed by atoms with van der Waals surface area (Å²) in [5, 5.41) is 12.3. The average Bonchev–Trinajstić information content (AvgIpc) is 3.09. The van der Waals surface area contributed by atoms with Crippen LogP contribution in [0, 0.1) is 0 Å². The number of hydrogen-bond acceptors (Lipinski definition) is 8. The number of rotatable bonds is 7. The summed E-state index contributed by atoms with van der Waals surface area (Å²) >= 11 is 1.06. The van der Waals surface area contributed by atoms with Gasteiger partial charge in [-0.1, -0.05) is 11.8 Å². The van der Waals surface area contributed by atoms with Crippen LogP contribution in [0.5, 0.6) is 11.5 Å². The quantitative estimate of drug-likeness (QED) is 0.702. The molecule has 140 valence electrons. The number of nitrogens with zero attached hydrogens (tertiary/aromatic N) is 2.